The number of fused-ring (bicyclic) bond motifs is 1. The quantitative estimate of drug-likeness (QED) is 0.380. The highest BCUT2D eigenvalue weighted by molar-refractivity contribution is 6.07. The maximum absolute atomic E-state index is 13.1. The summed E-state index contributed by atoms with van der Waals surface area (Å²) < 4.78 is 8.55. The van der Waals surface area contributed by atoms with Gasteiger partial charge in [-0.3, -0.25) is 4.79 Å². The van der Waals surface area contributed by atoms with Crippen LogP contribution in [0.15, 0.2) is 91.4 Å². The zero-order chi connectivity index (χ0) is 23.5. The van der Waals surface area contributed by atoms with Crippen molar-refractivity contribution in [2.45, 2.75) is 6.92 Å². The number of carbonyl (C=O) groups is 2. The van der Waals surface area contributed by atoms with E-state index in [1.165, 1.54) is 10.9 Å². The molecule has 3 aromatic heterocycles. The van der Waals surface area contributed by atoms with Crippen LogP contribution in [0.3, 0.4) is 0 Å². The Morgan fingerprint density at radius 2 is 1.71 bits per heavy atom. The SMILES string of the molecule is CCOC(=O)c1cnn(-c2ccc3ccccc3n2)c1NC(=O)c1ccc(-n2cccc2)cc1. The second-order valence-corrected chi connectivity index (χ2v) is 7.49. The lowest BCUT2D eigenvalue weighted by atomic mass is 10.2. The molecule has 0 aliphatic heterocycles. The number of carbonyl (C=O) groups excluding carboxylic acids is 2. The first-order valence-electron chi connectivity index (χ1n) is 10.8. The summed E-state index contributed by atoms with van der Waals surface area (Å²) in [5.74, 6) is -0.298. The van der Waals surface area contributed by atoms with E-state index < -0.39 is 5.97 Å². The van der Waals surface area contributed by atoms with Crippen LogP contribution in [0.1, 0.15) is 27.6 Å². The monoisotopic (exact) mass is 451 g/mol. The number of hydrogen-bond donors (Lipinski definition) is 1. The summed E-state index contributed by atoms with van der Waals surface area (Å²) >= 11 is 0. The average molecular weight is 451 g/mol. The van der Waals surface area contributed by atoms with E-state index in [9.17, 15) is 9.59 Å². The molecule has 0 radical (unpaired) electrons. The fourth-order valence-corrected chi connectivity index (χ4v) is 3.65. The van der Waals surface area contributed by atoms with E-state index in [2.05, 4.69) is 15.4 Å². The third kappa shape index (κ3) is 4.04. The Morgan fingerprint density at radius 1 is 0.941 bits per heavy atom. The van der Waals surface area contributed by atoms with Crippen molar-refractivity contribution in [1.29, 1.82) is 0 Å². The van der Waals surface area contributed by atoms with E-state index in [4.69, 9.17) is 4.74 Å². The molecule has 1 N–H and O–H groups in total. The van der Waals surface area contributed by atoms with Crippen molar-refractivity contribution in [3.05, 3.63) is 103 Å². The summed E-state index contributed by atoms with van der Waals surface area (Å²) in [6.07, 6.45) is 5.23. The smallest absolute Gasteiger partial charge is 0.343 e. The van der Waals surface area contributed by atoms with Gasteiger partial charge in [0.25, 0.3) is 5.91 Å². The van der Waals surface area contributed by atoms with Gasteiger partial charge in [-0.2, -0.15) is 9.78 Å². The maximum atomic E-state index is 13.1. The number of nitrogens with zero attached hydrogens (tertiary/aromatic N) is 4. The number of anilines is 1. The van der Waals surface area contributed by atoms with Crippen LogP contribution in [0.2, 0.25) is 0 Å². The van der Waals surface area contributed by atoms with Gasteiger partial charge in [-0.05, 0) is 61.5 Å². The topological polar surface area (TPSA) is 91.0 Å². The second kappa shape index (κ2) is 9.03. The van der Waals surface area contributed by atoms with E-state index in [1.54, 1.807) is 25.1 Å². The molecule has 0 unspecified atom stereocenters. The van der Waals surface area contributed by atoms with Gasteiger partial charge in [0.1, 0.15) is 5.56 Å². The minimum Gasteiger partial charge on any atom is -0.462 e. The van der Waals surface area contributed by atoms with Crippen molar-refractivity contribution in [3.8, 4) is 11.5 Å². The van der Waals surface area contributed by atoms with E-state index >= 15 is 0 Å². The molecular formula is C26H21N5O3. The van der Waals surface area contributed by atoms with Gasteiger partial charge in [-0.1, -0.05) is 18.2 Å². The summed E-state index contributed by atoms with van der Waals surface area (Å²) in [4.78, 5) is 30.3. The molecule has 8 heteroatoms. The number of aromatic nitrogens is 4. The largest absolute Gasteiger partial charge is 0.462 e. The van der Waals surface area contributed by atoms with Gasteiger partial charge in [0.2, 0.25) is 0 Å². The highest BCUT2D eigenvalue weighted by atomic mass is 16.5. The van der Waals surface area contributed by atoms with E-state index in [0.29, 0.717) is 11.4 Å². The highest BCUT2D eigenvalue weighted by Crippen LogP contribution is 2.23. The van der Waals surface area contributed by atoms with Crippen LogP contribution in [0.25, 0.3) is 22.4 Å². The summed E-state index contributed by atoms with van der Waals surface area (Å²) in [6, 6.07) is 22.4. The van der Waals surface area contributed by atoms with Crippen LogP contribution in [0.5, 0.6) is 0 Å². The summed E-state index contributed by atoms with van der Waals surface area (Å²) in [6.45, 7) is 1.92. The van der Waals surface area contributed by atoms with Crippen molar-refractivity contribution in [2.24, 2.45) is 0 Å². The van der Waals surface area contributed by atoms with Crippen LogP contribution in [-0.2, 0) is 4.74 Å². The summed E-state index contributed by atoms with van der Waals surface area (Å²) in [7, 11) is 0. The number of nitrogens with one attached hydrogen (secondary N) is 1. The number of ether oxygens (including phenoxy) is 1. The van der Waals surface area contributed by atoms with Gasteiger partial charge in [0, 0.05) is 29.0 Å². The third-order valence-corrected chi connectivity index (χ3v) is 5.33. The van der Waals surface area contributed by atoms with Gasteiger partial charge in [0.15, 0.2) is 11.6 Å². The normalized spacial score (nSPS) is 10.9. The molecule has 8 nitrogen and oxygen atoms in total. The van der Waals surface area contributed by atoms with Gasteiger partial charge in [-0.25, -0.2) is 9.78 Å². The number of pyridine rings is 1. The molecule has 0 spiro atoms. The lowest BCUT2D eigenvalue weighted by molar-refractivity contribution is 0.0527. The molecule has 168 valence electrons. The van der Waals surface area contributed by atoms with E-state index in [-0.39, 0.29) is 23.9 Å². The van der Waals surface area contributed by atoms with Crippen LogP contribution in [0.4, 0.5) is 5.82 Å². The standard InChI is InChI=1S/C26H21N5O3/c1-2-34-26(33)21-17-27-31(23-14-11-18-7-3-4-8-22(18)28-23)24(21)29-25(32)19-9-12-20(13-10-19)30-15-5-6-16-30/h3-17H,2H2,1H3,(H,29,32). The van der Waals surface area contributed by atoms with Crippen molar-refractivity contribution in [1.82, 2.24) is 19.3 Å². The second-order valence-electron chi connectivity index (χ2n) is 7.49. The number of para-hydroxylation sites is 1. The molecule has 0 atom stereocenters. The van der Waals surface area contributed by atoms with Gasteiger partial charge in [0.05, 0.1) is 18.3 Å². The number of amides is 1. The van der Waals surface area contributed by atoms with E-state index in [0.717, 1.165) is 16.6 Å². The number of benzene rings is 2. The Hall–Kier alpha value is -4.72. The molecular weight excluding hydrogens is 430 g/mol. The first-order chi connectivity index (χ1) is 16.6. The average Bonchev–Trinajstić information content (AvgIpc) is 3.55. The molecule has 0 bridgehead atoms. The zero-order valence-electron chi connectivity index (χ0n) is 18.4. The molecule has 5 rings (SSSR count). The van der Waals surface area contributed by atoms with Crippen LogP contribution in [0, 0.1) is 0 Å². The van der Waals surface area contributed by atoms with Crippen molar-refractivity contribution in [2.75, 3.05) is 11.9 Å². The molecule has 0 aliphatic carbocycles. The number of hydrogen-bond acceptors (Lipinski definition) is 5. The van der Waals surface area contributed by atoms with Crippen LogP contribution in [-0.4, -0.2) is 37.8 Å². The number of rotatable bonds is 6. The fraction of sp³-hybridized carbons (Fsp3) is 0.0769. The van der Waals surface area contributed by atoms with Gasteiger partial charge in [-0.15, -0.1) is 0 Å². The third-order valence-electron chi connectivity index (χ3n) is 5.33. The van der Waals surface area contributed by atoms with Gasteiger partial charge < -0.3 is 14.6 Å². The Bertz CT molecular complexity index is 1470. The maximum Gasteiger partial charge on any atom is 0.343 e. The molecule has 2 aromatic carbocycles. The Labute approximate surface area is 195 Å². The zero-order valence-corrected chi connectivity index (χ0v) is 18.4. The minimum atomic E-state index is -0.576. The Balaban J connectivity index is 1.50. The Kier molecular flexibility index (Phi) is 5.61. The first-order valence-corrected chi connectivity index (χ1v) is 10.8. The van der Waals surface area contributed by atoms with Crippen molar-refractivity contribution < 1.29 is 14.3 Å². The molecule has 0 aliphatic rings. The van der Waals surface area contributed by atoms with E-state index in [1.807, 2.05) is 71.6 Å². The number of esters is 1. The highest BCUT2D eigenvalue weighted by Gasteiger charge is 2.22. The molecule has 0 fully saturated rings. The van der Waals surface area contributed by atoms with Crippen molar-refractivity contribution >= 4 is 28.6 Å². The fourth-order valence-electron chi connectivity index (χ4n) is 3.65. The summed E-state index contributed by atoms with van der Waals surface area (Å²) in [5.41, 5.74) is 2.28. The predicted octanol–water partition coefficient (Wildman–Crippen LogP) is 4.64. The molecule has 1 amide bonds. The lowest BCUT2D eigenvalue weighted by Gasteiger charge is -2.12. The Morgan fingerprint density at radius 3 is 2.47 bits per heavy atom. The lowest BCUT2D eigenvalue weighted by Crippen LogP contribution is -2.18. The van der Waals surface area contributed by atoms with Crippen LogP contribution >= 0.6 is 0 Å². The first kappa shape index (κ1) is 21.1. The molecule has 0 saturated carbocycles. The minimum absolute atomic E-state index is 0.147. The predicted molar refractivity (Wildman–Crippen MR) is 129 cm³/mol. The molecule has 0 saturated heterocycles. The van der Waals surface area contributed by atoms with Crippen LogP contribution < -0.4 is 5.32 Å². The molecule has 5 aromatic rings. The summed E-state index contributed by atoms with van der Waals surface area (Å²) in [5, 5.41) is 8.13. The van der Waals surface area contributed by atoms with Crippen molar-refractivity contribution in [3.63, 3.8) is 0 Å². The molecule has 3 heterocycles. The molecule has 34 heavy (non-hydrogen) atoms. The van der Waals surface area contributed by atoms with Gasteiger partial charge >= 0.3 is 5.97 Å².